The molecule has 0 aliphatic heterocycles. The van der Waals surface area contributed by atoms with Crippen LogP contribution < -0.4 is 10.1 Å². The normalized spacial score (nSPS) is 12.1. The molecule has 2 N–H and O–H groups in total. The average molecular weight is 346 g/mol. The zero-order valence-corrected chi connectivity index (χ0v) is 13.4. The second-order valence-corrected chi connectivity index (χ2v) is 6.10. The van der Waals surface area contributed by atoms with Gasteiger partial charge in [-0.3, -0.25) is 9.78 Å². The maximum Gasteiger partial charge on any atom is 0.252 e. The molecule has 0 saturated carbocycles. The number of carbonyl (C=O) groups excluding carboxylic acids is 1. The van der Waals surface area contributed by atoms with Crippen molar-refractivity contribution in [1.82, 2.24) is 10.3 Å². The summed E-state index contributed by atoms with van der Waals surface area (Å²) in [6.07, 6.45) is 0.628. The van der Waals surface area contributed by atoms with Crippen LogP contribution in [0.15, 0.2) is 48.0 Å². The number of pyridine rings is 1. The smallest absolute Gasteiger partial charge is 0.252 e. The maximum atomic E-state index is 12.8. The van der Waals surface area contributed by atoms with Gasteiger partial charge < -0.3 is 15.2 Å². The number of carbonyl (C=O) groups is 1. The SMILES string of the molecule is O=C(NC[C@@H](O)COc1ccc(F)cc1)c1cnc2ccsc2c1. The summed E-state index contributed by atoms with van der Waals surface area (Å²) < 4.78 is 19.0. The second-order valence-electron chi connectivity index (χ2n) is 5.16. The molecule has 3 aromatic rings. The maximum absolute atomic E-state index is 12.8. The van der Waals surface area contributed by atoms with Crippen LogP contribution in [-0.2, 0) is 0 Å². The van der Waals surface area contributed by atoms with E-state index >= 15 is 0 Å². The van der Waals surface area contributed by atoms with Crippen molar-refractivity contribution in [2.75, 3.05) is 13.2 Å². The first-order valence-electron chi connectivity index (χ1n) is 7.30. The van der Waals surface area contributed by atoms with Crippen LogP contribution in [0.3, 0.4) is 0 Å². The minimum Gasteiger partial charge on any atom is -0.491 e. The number of fused-ring (bicyclic) bond motifs is 1. The molecule has 0 unspecified atom stereocenters. The van der Waals surface area contributed by atoms with E-state index in [1.165, 1.54) is 41.8 Å². The first-order chi connectivity index (χ1) is 11.6. The van der Waals surface area contributed by atoms with Crippen molar-refractivity contribution in [3.63, 3.8) is 0 Å². The Labute approximate surface area is 141 Å². The van der Waals surface area contributed by atoms with Crippen LogP contribution in [0.5, 0.6) is 5.75 Å². The lowest BCUT2D eigenvalue weighted by molar-refractivity contribution is 0.0843. The quantitative estimate of drug-likeness (QED) is 0.720. The zero-order valence-electron chi connectivity index (χ0n) is 12.6. The molecule has 0 spiro atoms. The molecule has 1 atom stereocenters. The van der Waals surface area contributed by atoms with Gasteiger partial charge in [0.15, 0.2) is 0 Å². The van der Waals surface area contributed by atoms with Crippen LogP contribution in [0.25, 0.3) is 10.2 Å². The summed E-state index contributed by atoms with van der Waals surface area (Å²) in [7, 11) is 0. The Balaban J connectivity index is 1.48. The molecule has 24 heavy (non-hydrogen) atoms. The minimum absolute atomic E-state index is 0.00583. The number of rotatable bonds is 6. The molecule has 0 aliphatic carbocycles. The van der Waals surface area contributed by atoms with E-state index < -0.39 is 6.10 Å². The van der Waals surface area contributed by atoms with E-state index in [-0.39, 0.29) is 24.9 Å². The molecule has 3 rings (SSSR count). The van der Waals surface area contributed by atoms with Gasteiger partial charge in [0, 0.05) is 12.7 Å². The van der Waals surface area contributed by atoms with Crippen molar-refractivity contribution in [1.29, 1.82) is 0 Å². The summed E-state index contributed by atoms with van der Waals surface area (Å²) in [4.78, 5) is 16.3. The summed E-state index contributed by atoms with van der Waals surface area (Å²) in [5.41, 5.74) is 1.29. The fraction of sp³-hybridized carbons (Fsp3) is 0.176. The van der Waals surface area contributed by atoms with Gasteiger partial charge in [-0.15, -0.1) is 11.3 Å². The third kappa shape index (κ3) is 4.06. The molecule has 0 saturated heterocycles. The van der Waals surface area contributed by atoms with Gasteiger partial charge in [0.2, 0.25) is 0 Å². The molecule has 2 aromatic heterocycles. The Morgan fingerprint density at radius 3 is 2.92 bits per heavy atom. The Kier molecular flexibility index (Phi) is 5.02. The van der Waals surface area contributed by atoms with Gasteiger partial charge in [0.25, 0.3) is 5.91 Å². The van der Waals surface area contributed by atoms with E-state index in [9.17, 15) is 14.3 Å². The lowest BCUT2D eigenvalue weighted by atomic mass is 10.2. The van der Waals surface area contributed by atoms with Gasteiger partial charge in [0.05, 0.1) is 15.8 Å². The third-order valence-corrected chi connectivity index (χ3v) is 4.17. The van der Waals surface area contributed by atoms with E-state index in [1.807, 2.05) is 11.4 Å². The number of nitrogens with one attached hydrogen (secondary N) is 1. The summed E-state index contributed by atoms with van der Waals surface area (Å²) in [6, 6.07) is 9.15. The number of thiophene rings is 1. The highest BCUT2D eigenvalue weighted by molar-refractivity contribution is 7.17. The van der Waals surface area contributed by atoms with E-state index in [1.54, 1.807) is 6.07 Å². The number of aromatic nitrogens is 1. The van der Waals surface area contributed by atoms with Crippen molar-refractivity contribution in [3.05, 3.63) is 59.4 Å². The Bertz CT molecular complexity index is 835. The van der Waals surface area contributed by atoms with Crippen LogP contribution in [0.2, 0.25) is 0 Å². The fourth-order valence-electron chi connectivity index (χ4n) is 2.07. The number of aliphatic hydroxyl groups is 1. The molecule has 7 heteroatoms. The van der Waals surface area contributed by atoms with Crippen LogP contribution in [0.1, 0.15) is 10.4 Å². The van der Waals surface area contributed by atoms with Crippen molar-refractivity contribution in [2.24, 2.45) is 0 Å². The van der Waals surface area contributed by atoms with Gasteiger partial charge in [-0.25, -0.2) is 4.39 Å². The Morgan fingerprint density at radius 1 is 1.33 bits per heavy atom. The van der Waals surface area contributed by atoms with Gasteiger partial charge in [-0.05, 0) is 41.8 Å². The van der Waals surface area contributed by atoms with Crippen LogP contribution >= 0.6 is 11.3 Å². The van der Waals surface area contributed by atoms with Crippen molar-refractivity contribution < 1.29 is 19.0 Å². The number of ether oxygens (including phenoxy) is 1. The number of hydrogen-bond donors (Lipinski definition) is 2. The Hall–Kier alpha value is -2.51. The fourth-order valence-corrected chi connectivity index (χ4v) is 2.85. The molecule has 1 amide bonds. The van der Waals surface area contributed by atoms with E-state index in [4.69, 9.17) is 4.74 Å². The Morgan fingerprint density at radius 2 is 2.12 bits per heavy atom. The van der Waals surface area contributed by atoms with Gasteiger partial charge in [-0.1, -0.05) is 0 Å². The van der Waals surface area contributed by atoms with E-state index in [2.05, 4.69) is 10.3 Å². The average Bonchev–Trinajstić information content (AvgIpc) is 3.06. The highest BCUT2D eigenvalue weighted by atomic mass is 32.1. The largest absolute Gasteiger partial charge is 0.491 e. The van der Waals surface area contributed by atoms with Gasteiger partial charge in [0.1, 0.15) is 24.3 Å². The van der Waals surface area contributed by atoms with Crippen LogP contribution in [0.4, 0.5) is 4.39 Å². The number of amides is 1. The number of benzene rings is 1. The first kappa shape index (κ1) is 16.4. The molecule has 124 valence electrons. The first-order valence-corrected chi connectivity index (χ1v) is 8.17. The minimum atomic E-state index is -0.877. The topological polar surface area (TPSA) is 71.5 Å². The number of halogens is 1. The predicted octanol–water partition coefficient (Wildman–Crippen LogP) is 2.61. The van der Waals surface area contributed by atoms with Crippen molar-refractivity contribution >= 4 is 27.5 Å². The van der Waals surface area contributed by atoms with E-state index in [0.29, 0.717) is 11.3 Å². The molecular formula is C17H15FN2O3S. The third-order valence-electron chi connectivity index (χ3n) is 3.32. The summed E-state index contributed by atoms with van der Waals surface area (Å²) in [5.74, 6) is -0.209. The molecule has 5 nitrogen and oxygen atoms in total. The molecule has 0 bridgehead atoms. The molecule has 2 heterocycles. The number of nitrogens with zero attached hydrogens (tertiary/aromatic N) is 1. The number of hydrogen-bond acceptors (Lipinski definition) is 5. The van der Waals surface area contributed by atoms with Crippen molar-refractivity contribution in [3.8, 4) is 5.75 Å². The second kappa shape index (κ2) is 7.37. The standard InChI is InChI=1S/C17H15FN2O3S/c18-12-1-3-14(4-2-12)23-10-13(21)9-20-17(22)11-7-16-15(19-8-11)5-6-24-16/h1-8,13,21H,9-10H2,(H,20,22)/t13-/m1/s1. The zero-order chi connectivity index (χ0) is 16.9. The lowest BCUT2D eigenvalue weighted by Gasteiger charge is -2.13. The molecular weight excluding hydrogens is 331 g/mol. The van der Waals surface area contributed by atoms with Crippen LogP contribution in [-0.4, -0.2) is 35.3 Å². The highest BCUT2D eigenvalue weighted by Crippen LogP contribution is 2.19. The van der Waals surface area contributed by atoms with E-state index in [0.717, 1.165) is 10.2 Å². The van der Waals surface area contributed by atoms with Gasteiger partial charge in [-0.2, -0.15) is 0 Å². The van der Waals surface area contributed by atoms with Crippen LogP contribution in [0, 0.1) is 5.82 Å². The molecule has 0 aliphatic rings. The van der Waals surface area contributed by atoms with Gasteiger partial charge >= 0.3 is 0 Å². The molecule has 1 aromatic carbocycles. The summed E-state index contributed by atoms with van der Waals surface area (Å²) in [6.45, 7) is 0.0383. The summed E-state index contributed by atoms with van der Waals surface area (Å²) in [5, 5.41) is 14.4. The predicted molar refractivity (Wildman–Crippen MR) is 89.9 cm³/mol. The van der Waals surface area contributed by atoms with Crippen molar-refractivity contribution in [2.45, 2.75) is 6.10 Å². The molecule has 0 fully saturated rings. The summed E-state index contributed by atoms with van der Waals surface area (Å²) >= 11 is 1.51. The molecule has 0 radical (unpaired) electrons. The highest BCUT2D eigenvalue weighted by Gasteiger charge is 2.11. The monoisotopic (exact) mass is 346 g/mol. The lowest BCUT2D eigenvalue weighted by Crippen LogP contribution is -2.35. The number of aliphatic hydroxyl groups excluding tert-OH is 1.